The third kappa shape index (κ3) is 3.74. The summed E-state index contributed by atoms with van der Waals surface area (Å²) in [5, 5.41) is 3.24. The molecule has 0 aromatic carbocycles. The number of ether oxygens (including phenoxy) is 1. The lowest BCUT2D eigenvalue weighted by Gasteiger charge is -2.23. The minimum absolute atomic E-state index is 0.0329. The molecule has 1 atom stereocenters. The average molecular weight is 186 g/mol. The fourth-order valence-electron chi connectivity index (χ4n) is 1.28. The number of hydrogen-bond donors (Lipinski definition) is 1. The van der Waals surface area contributed by atoms with Crippen molar-refractivity contribution in [2.24, 2.45) is 0 Å². The van der Waals surface area contributed by atoms with E-state index in [1.807, 2.05) is 0 Å². The summed E-state index contributed by atoms with van der Waals surface area (Å²) in [7, 11) is 3.48. The summed E-state index contributed by atoms with van der Waals surface area (Å²) in [6, 6.07) is 0. The van der Waals surface area contributed by atoms with Crippen molar-refractivity contribution in [3.05, 3.63) is 0 Å². The van der Waals surface area contributed by atoms with Crippen LogP contribution in [0.4, 0.5) is 0 Å². The topological polar surface area (TPSA) is 41.6 Å². The highest BCUT2D eigenvalue weighted by Crippen LogP contribution is 2.05. The zero-order valence-electron chi connectivity index (χ0n) is 8.38. The van der Waals surface area contributed by atoms with E-state index in [0.717, 1.165) is 25.9 Å². The molecule has 1 saturated heterocycles. The minimum Gasteiger partial charge on any atom is -0.367 e. The number of hydrogen-bond acceptors (Lipinski definition) is 3. The Morgan fingerprint density at radius 3 is 2.92 bits per heavy atom. The number of nitrogens with zero attached hydrogens (tertiary/aromatic N) is 1. The SMILES string of the molecule is CN(C)C(=O)COC1CCCNC1. The van der Waals surface area contributed by atoms with Crippen LogP contribution >= 0.6 is 0 Å². The molecule has 1 N–H and O–H groups in total. The normalized spacial score (nSPS) is 22.8. The van der Waals surface area contributed by atoms with Crippen LogP contribution in [0.25, 0.3) is 0 Å². The number of piperidine rings is 1. The number of nitrogens with one attached hydrogen (secondary N) is 1. The van der Waals surface area contributed by atoms with Crippen LogP contribution in [-0.2, 0) is 9.53 Å². The Morgan fingerprint density at radius 2 is 2.38 bits per heavy atom. The molecule has 1 amide bonds. The van der Waals surface area contributed by atoms with Gasteiger partial charge in [-0.15, -0.1) is 0 Å². The second-order valence-electron chi connectivity index (χ2n) is 3.57. The van der Waals surface area contributed by atoms with Crippen LogP contribution < -0.4 is 5.32 Å². The maximum atomic E-state index is 11.2. The van der Waals surface area contributed by atoms with Crippen LogP contribution in [0.5, 0.6) is 0 Å². The fraction of sp³-hybridized carbons (Fsp3) is 0.889. The maximum absolute atomic E-state index is 11.2. The Labute approximate surface area is 79.2 Å². The molecular weight excluding hydrogens is 168 g/mol. The van der Waals surface area contributed by atoms with Crippen LogP contribution in [-0.4, -0.2) is 50.7 Å². The lowest BCUT2D eigenvalue weighted by Crippen LogP contribution is -2.37. The molecule has 1 unspecified atom stereocenters. The smallest absolute Gasteiger partial charge is 0.248 e. The molecular formula is C9H18N2O2. The molecule has 1 heterocycles. The van der Waals surface area contributed by atoms with Crippen molar-refractivity contribution in [1.82, 2.24) is 10.2 Å². The van der Waals surface area contributed by atoms with Crippen LogP contribution in [0.2, 0.25) is 0 Å². The minimum atomic E-state index is 0.0329. The molecule has 1 aliphatic heterocycles. The van der Waals surface area contributed by atoms with Gasteiger partial charge in [-0.3, -0.25) is 4.79 Å². The van der Waals surface area contributed by atoms with Gasteiger partial charge < -0.3 is 15.0 Å². The van der Waals surface area contributed by atoms with Crippen molar-refractivity contribution in [2.45, 2.75) is 18.9 Å². The summed E-state index contributed by atoms with van der Waals surface area (Å²) >= 11 is 0. The van der Waals surface area contributed by atoms with E-state index in [-0.39, 0.29) is 18.6 Å². The molecule has 0 radical (unpaired) electrons. The fourth-order valence-corrected chi connectivity index (χ4v) is 1.28. The van der Waals surface area contributed by atoms with E-state index in [0.29, 0.717) is 0 Å². The van der Waals surface area contributed by atoms with Crippen molar-refractivity contribution in [3.63, 3.8) is 0 Å². The molecule has 13 heavy (non-hydrogen) atoms. The van der Waals surface area contributed by atoms with Crippen molar-refractivity contribution >= 4 is 5.91 Å². The molecule has 1 rings (SSSR count). The maximum Gasteiger partial charge on any atom is 0.248 e. The van der Waals surface area contributed by atoms with Gasteiger partial charge in [-0.25, -0.2) is 0 Å². The third-order valence-electron chi connectivity index (χ3n) is 2.19. The Bertz CT molecular complexity index is 165. The number of rotatable bonds is 3. The predicted octanol–water partition coefficient (Wildman–Crippen LogP) is -0.157. The molecule has 0 saturated carbocycles. The van der Waals surface area contributed by atoms with Crippen LogP contribution in [0, 0.1) is 0 Å². The van der Waals surface area contributed by atoms with Gasteiger partial charge in [0.1, 0.15) is 6.61 Å². The Kier molecular flexibility index (Phi) is 4.18. The number of amides is 1. The Balaban J connectivity index is 2.13. The van der Waals surface area contributed by atoms with E-state index in [4.69, 9.17) is 4.74 Å². The lowest BCUT2D eigenvalue weighted by atomic mass is 10.1. The summed E-state index contributed by atoms with van der Waals surface area (Å²) in [6.45, 7) is 2.15. The van der Waals surface area contributed by atoms with Gasteiger partial charge in [-0.2, -0.15) is 0 Å². The van der Waals surface area contributed by atoms with Gasteiger partial charge in [-0.05, 0) is 19.4 Å². The van der Waals surface area contributed by atoms with E-state index in [2.05, 4.69) is 5.32 Å². The monoisotopic (exact) mass is 186 g/mol. The van der Waals surface area contributed by atoms with Crippen molar-refractivity contribution in [3.8, 4) is 0 Å². The Hall–Kier alpha value is -0.610. The van der Waals surface area contributed by atoms with E-state index < -0.39 is 0 Å². The van der Waals surface area contributed by atoms with Crippen LogP contribution in [0.3, 0.4) is 0 Å². The molecule has 1 fully saturated rings. The molecule has 76 valence electrons. The highest BCUT2D eigenvalue weighted by molar-refractivity contribution is 5.76. The second kappa shape index (κ2) is 5.19. The van der Waals surface area contributed by atoms with Gasteiger partial charge in [-0.1, -0.05) is 0 Å². The van der Waals surface area contributed by atoms with E-state index in [9.17, 15) is 4.79 Å². The van der Waals surface area contributed by atoms with Gasteiger partial charge >= 0.3 is 0 Å². The molecule has 4 heteroatoms. The van der Waals surface area contributed by atoms with Gasteiger partial charge in [0.2, 0.25) is 5.91 Å². The first kappa shape index (κ1) is 10.5. The first-order chi connectivity index (χ1) is 6.20. The van der Waals surface area contributed by atoms with Crippen molar-refractivity contribution in [1.29, 1.82) is 0 Å². The molecule has 0 aliphatic carbocycles. The van der Waals surface area contributed by atoms with Crippen LogP contribution in [0.15, 0.2) is 0 Å². The predicted molar refractivity (Wildman–Crippen MR) is 50.5 cm³/mol. The number of likely N-dealkylation sites (N-methyl/N-ethyl adjacent to an activating group) is 1. The quantitative estimate of drug-likeness (QED) is 0.666. The molecule has 0 aromatic heterocycles. The van der Waals surface area contributed by atoms with Gasteiger partial charge in [0.15, 0.2) is 0 Å². The summed E-state index contributed by atoms with van der Waals surface area (Å²) in [6.07, 6.45) is 2.42. The summed E-state index contributed by atoms with van der Waals surface area (Å²) in [5.41, 5.74) is 0. The highest BCUT2D eigenvalue weighted by Gasteiger charge is 2.14. The zero-order chi connectivity index (χ0) is 9.68. The lowest BCUT2D eigenvalue weighted by molar-refractivity contribution is -0.135. The molecule has 0 bridgehead atoms. The van der Waals surface area contributed by atoms with E-state index in [1.165, 1.54) is 0 Å². The van der Waals surface area contributed by atoms with Gasteiger partial charge in [0.25, 0.3) is 0 Å². The molecule has 0 spiro atoms. The van der Waals surface area contributed by atoms with Gasteiger partial charge in [0, 0.05) is 20.6 Å². The largest absolute Gasteiger partial charge is 0.367 e. The van der Waals surface area contributed by atoms with E-state index >= 15 is 0 Å². The molecule has 0 aromatic rings. The molecule has 4 nitrogen and oxygen atoms in total. The summed E-state index contributed by atoms with van der Waals surface area (Å²) in [4.78, 5) is 12.7. The number of carbonyl (C=O) groups excluding carboxylic acids is 1. The second-order valence-corrected chi connectivity index (χ2v) is 3.57. The highest BCUT2D eigenvalue weighted by atomic mass is 16.5. The first-order valence-corrected chi connectivity index (χ1v) is 4.72. The molecule has 1 aliphatic rings. The zero-order valence-corrected chi connectivity index (χ0v) is 8.38. The summed E-state index contributed by atoms with van der Waals surface area (Å²) in [5.74, 6) is 0.0329. The Morgan fingerprint density at radius 1 is 1.62 bits per heavy atom. The first-order valence-electron chi connectivity index (χ1n) is 4.72. The van der Waals surface area contributed by atoms with Crippen molar-refractivity contribution in [2.75, 3.05) is 33.8 Å². The van der Waals surface area contributed by atoms with Crippen molar-refractivity contribution < 1.29 is 9.53 Å². The van der Waals surface area contributed by atoms with Crippen LogP contribution in [0.1, 0.15) is 12.8 Å². The van der Waals surface area contributed by atoms with Gasteiger partial charge in [0.05, 0.1) is 6.10 Å². The van der Waals surface area contributed by atoms with E-state index in [1.54, 1.807) is 19.0 Å². The third-order valence-corrected chi connectivity index (χ3v) is 2.19. The summed E-state index contributed by atoms with van der Waals surface area (Å²) < 4.78 is 5.45. The number of carbonyl (C=O) groups is 1. The average Bonchev–Trinajstić information content (AvgIpc) is 2.15. The standard InChI is InChI=1S/C9H18N2O2/c1-11(2)9(12)7-13-8-4-3-5-10-6-8/h8,10H,3-7H2,1-2H3.